The molecule has 0 fully saturated rings. The van der Waals surface area contributed by atoms with Crippen LogP contribution in [0.3, 0.4) is 0 Å². The summed E-state index contributed by atoms with van der Waals surface area (Å²) in [6.07, 6.45) is -3.34. The van der Waals surface area contributed by atoms with Crippen molar-refractivity contribution < 1.29 is 27.5 Å². The number of esters is 1. The molecule has 1 unspecified atom stereocenters. The van der Waals surface area contributed by atoms with E-state index in [9.17, 15) is 22.8 Å². The Balaban J connectivity index is 1.87. The van der Waals surface area contributed by atoms with Gasteiger partial charge in [-0.3, -0.25) is 4.79 Å². The molecule has 0 aliphatic rings. The molecule has 172 valence electrons. The van der Waals surface area contributed by atoms with Crippen LogP contribution in [0.1, 0.15) is 33.7 Å². The first-order valence-corrected chi connectivity index (χ1v) is 10.6. The zero-order valence-corrected chi connectivity index (χ0v) is 18.1. The topological polar surface area (TPSA) is 107 Å². The number of amides is 1. The Kier molecular flexibility index (Phi) is 7.54. The van der Waals surface area contributed by atoms with Crippen LogP contribution >= 0.6 is 11.8 Å². The minimum Gasteiger partial charge on any atom is -0.462 e. The maximum absolute atomic E-state index is 13.0. The second-order valence-corrected chi connectivity index (χ2v) is 7.72. The Hall–Kier alpha value is -3.60. The van der Waals surface area contributed by atoms with E-state index in [2.05, 4.69) is 15.3 Å². The van der Waals surface area contributed by atoms with Crippen LogP contribution in [0.2, 0.25) is 0 Å². The van der Waals surface area contributed by atoms with Crippen molar-refractivity contribution in [2.75, 3.05) is 17.7 Å². The lowest BCUT2D eigenvalue weighted by atomic mass is 10.1. The molecule has 0 aliphatic carbocycles. The first kappa shape index (κ1) is 24.1. The first-order valence-electron chi connectivity index (χ1n) is 9.68. The second-order valence-electron chi connectivity index (χ2n) is 6.65. The normalized spacial score (nSPS) is 12.1. The fourth-order valence-corrected chi connectivity index (χ4v) is 3.72. The maximum atomic E-state index is 13.0. The minimum absolute atomic E-state index is 0.00514. The summed E-state index contributed by atoms with van der Waals surface area (Å²) < 4.78 is 43.9. The van der Waals surface area contributed by atoms with Crippen LogP contribution in [-0.2, 0) is 15.7 Å². The molecule has 3 aromatic rings. The number of nitrogens with one attached hydrogen (secondary N) is 1. The van der Waals surface area contributed by atoms with Gasteiger partial charge < -0.3 is 15.8 Å². The van der Waals surface area contributed by atoms with Crippen molar-refractivity contribution in [2.45, 2.75) is 23.5 Å². The van der Waals surface area contributed by atoms with E-state index < -0.39 is 28.9 Å². The summed E-state index contributed by atoms with van der Waals surface area (Å²) >= 11 is 0.938. The van der Waals surface area contributed by atoms with E-state index in [0.717, 1.165) is 23.9 Å². The Morgan fingerprint density at radius 3 is 2.52 bits per heavy atom. The van der Waals surface area contributed by atoms with Crippen LogP contribution in [0, 0.1) is 0 Å². The highest BCUT2D eigenvalue weighted by Crippen LogP contribution is 2.36. The Bertz CT molecular complexity index is 1140. The predicted molar refractivity (Wildman–Crippen MR) is 118 cm³/mol. The highest BCUT2D eigenvalue weighted by molar-refractivity contribution is 8.00. The molecule has 1 atom stereocenters. The van der Waals surface area contributed by atoms with Gasteiger partial charge in [0, 0.05) is 11.9 Å². The standard InChI is InChI=1S/C22H19F3N4O3S/c1-2-32-20(31)16-12-27-21(29-18(16)26)33-17(13-7-4-3-5-8-13)19(30)28-15-10-6-9-14(11-15)22(23,24)25/h3-12,17H,2H2,1H3,(H,28,30)(H2,26,27,29). The first-order chi connectivity index (χ1) is 15.7. The van der Waals surface area contributed by atoms with Crippen LogP contribution in [0.25, 0.3) is 0 Å². The third-order valence-corrected chi connectivity index (χ3v) is 5.44. The fraction of sp³-hybridized carbons (Fsp3) is 0.182. The van der Waals surface area contributed by atoms with Crippen LogP contribution in [0.15, 0.2) is 66.0 Å². The lowest BCUT2D eigenvalue weighted by Crippen LogP contribution is -2.20. The van der Waals surface area contributed by atoms with E-state index in [1.807, 2.05) is 0 Å². The summed E-state index contributed by atoms with van der Waals surface area (Å²) in [6, 6.07) is 12.9. The molecule has 11 heteroatoms. The molecule has 0 saturated heterocycles. The van der Waals surface area contributed by atoms with Crippen LogP contribution in [0.5, 0.6) is 0 Å². The largest absolute Gasteiger partial charge is 0.462 e. The average molecular weight is 476 g/mol. The Morgan fingerprint density at radius 2 is 1.88 bits per heavy atom. The van der Waals surface area contributed by atoms with Crippen LogP contribution in [0.4, 0.5) is 24.7 Å². The van der Waals surface area contributed by atoms with Gasteiger partial charge in [-0.05, 0) is 30.7 Å². The number of anilines is 2. The summed E-state index contributed by atoms with van der Waals surface area (Å²) in [5, 5.41) is 1.71. The monoisotopic (exact) mass is 476 g/mol. The summed E-state index contributed by atoms with van der Waals surface area (Å²) in [5.41, 5.74) is 5.53. The molecule has 2 aromatic carbocycles. The number of alkyl halides is 3. The quantitative estimate of drug-likeness (QED) is 0.288. The third kappa shape index (κ3) is 6.22. The third-order valence-electron chi connectivity index (χ3n) is 4.31. The van der Waals surface area contributed by atoms with Crippen molar-refractivity contribution in [3.05, 3.63) is 77.5 Å². The van der Waals surface area contributed by atoms with Crippen molar-refractivity contribution in [1.29, 1.82) is 0 Å². The molecule has 0 saturated carbocycles. The number of thioether (sulfide) groups is 1. The highest BCUT2D eigenvalue weighted by atomic mass is 32.2. The van der Waals surface area contributed by atoms with Crippen molar-refractivity contribution in [3.63, 3.8) is 0 Å². The zero-order valence-electron chi connectivity index (χ0n) is 17.3. The molecule has 0 bridgehead atoms. The molecule has 0 aliphatic heterocycles. The number of hydrogen-bond acceptors (Lipinski definition) is 7. The van der Waals surface area contributed by atoms with Gasteiger partial charge >= 0.3 is 12.1 Å². The molecule has 0 radical (unpaired) electrons. The number of carbonyl (C=O) groups is 2. The van der Waals surface area contributed by atoms with Gasteiger partial charge in [-0.25, -0.2) is 14.8 Å². The number of nitrogens with zero attached hydrogens (tertiary/aromatic N) is 2. The van der Waals surface area contributed by atoms with Gasteiger partial charge in [-0.2, -0.15) is 13.2 Å². The molecular weight excluding hydrogens is 457 g/mol. The van der Waals surface area contributed by atoms with Crippen molar-refractivity contribution >= 4 is 35.1 Å². The van der Waals surface area contributed by atoms with Crippen LogP contribution < -0.4 is 11.1 Å². The van der Waals surface area contributed by atoms with Crippen LogP contribution in [-0.4, -0.2) is 28.5 Å². The van der Waals surface area contributed by atoms with Gasteiger partial charge in [0.05, 0.1) is 12.2 Å². The number of nitrogens with two attached hydrogens (primary N) is 1. The van der Waals surface area contributed by atoms with Gasteiger partial charge in [-0.1, -0.05) is 48.2 Å². The number of nitrogen functional groups attached to an aromatic ring is 1. The van der Waals surface area contributed by atoms with Crippen molar-refractivity contribution in [1.82, 2.24) is 9.97 Å². The summed E-state index contributed by atoms with van der Waals surface area (Å²) in [7, 11) is 0. The van der Waals surface area contributed by atoms with E-state index in [4.69, 9.17) is 10.5 Å². The number of hydrogen-bond donors (Lipinski definition) is 2. The van der Waals surface area contributed by atoms with E-state index in [1.54, 1.807) is 37.3 Å². The number of halogens is 3. The Labute approximate surface area is 191 Å². The smallest absolute Gasteiger partial charge is 0.416 e. The number of aromatic nitrogens is 2. The van der Waals surface area contributed by atoms with Crippen molar-refractivity contribution in [3.8, 4) is 0 Å². The molecule has 3 rings (SSSR count). The number of carbonyl (C=O) groups excluding carboxylic acids is 2. The van der Waals surface area contributed by atoms with Gasteiger partial charge in [0.1, 0.15) is 16.6 Å². The fourth-order valence-electron chi connectivity index (χ4n) is 2.79. The van der Waals surface area contributed by atoms with Gasteiger partial charge in [0.2, 0.25) is 5.91 Å². The maximum Gasteiger partial charge on any atom is 0.416 e. The van der Waals surface area contributed by atoms with Gasteiger partial charge in [0.25, 0.3) is 0 Å². The SMILES string of the molecule is CCOC(=O)c1cnc(SC(C(=O)Nc2cccc(C(F)(F)F)c2)c2ccccc2)nc1N. The lowest BCUT2D eigenvalue weighted by Gasteiger charge is -2.17. The molecule has 3 N–H and O–H groups in total. The number of ether oxygens (including phenoxy) is 1. The highest BCUT2D eigenvalue weighted by Gasteiger charge is 2.31. The summed E-state index contributed by atoms with van der Waals surface area (Å²) in [4.78, 5) is 33.1. The molecule has 33 heavy (non-hydrogen) atoms. The number of benzene rings is 2. The number of rotatable bonds is 7. The molecule has 7 nitrogen and oxygen atoms in total. The van der Waals surface area contributed by atoms with E-state index >= 15 is 0 Å². The lowest BCUT2D eigenvalue weighted by molar-refractivity contribution is -0.137. The van der Waals surface area contributed by atoms with Crippen molar-refractivity contribution in [2.24, 2.45) is 0 Å². The molecule has 1 aromatic heterocycles. The zero-order chi connectivity index (χ0) is 24.0. The molecule has 1 amide bonds. The van der Waals surface area contributed by atoms with Gasteiger partial charge in [0.15, 0.2) is 5.16 Å². The molecule has 0 spiro atoms. The Morgan fingerprint density at radius 1 is 1.15 bits per heavy atom. The molecule has 1 heterocycles. The van der Waals surface area contributed by atoms with Gasteiger partial charge in [-0.15, -0.1) is 0 Å². The molecular formula is C22H19F3N4O3S. The summed E-state index contributed by atoms with van der Waals surface area (Å²) in [6.45, 7) is 1.80. The minimum atomic E-state index is -4.54. The average Bonchev–Trinajstić information content (AvgIpc) is 2.78. The summed E-state index contributed by atoms with van der Waals surface area (Å²) in [5.74, 6) is -1.37. The van der Waals surface area contributed by atoms with E-state index in [1.165, 1.54) is 18.3 Å². The van der Waals surface area contributed by atoms with E-state index in [0.29, 0.717) is 5.56 Å². The predicted octanol–water partition coefficient (Wildman–Crippen LogP) is 4.73. The second kappa shape index (κ2) is 10.3. The van der Waals surface area contributed by atoms with E-state index in [-0.39, 0.29) is 28.8 Å².